The summed E-state index contributed by atoms with van der Waals surface area (Å²) in [6, 6.07) is 16.9. The molecule has 0 heterocycles. The summed E-state index contributed by atoms with van der Waals surface area (Å²) in [5, 5.41) is 3.47. The van der Waals surface area contributed by atoms with Crippen molar-refractivity contribution >= 4 is 50.7 Å². The highest BCUT2D eigenvalue weighted by atomic mass is 35.5. The van der Waals surface area contributed by atoms with Crippen LogP contribution in [0.3, 0.4) is 0 Å². The van der Waals surface area contributed by atoms with Gasteiger partial charge < -0.3 is 15.0 Å². The highest BCUT2D eigenvalue weighted by Crippen LogP contribution is 2.32. The third-order valence-corrected chi connectivity index (χ3v) is 8.59. The van der Waals surface area contributed by atoms with Crippen molar-refractivity contribution in [1.82, 2.24) is 10.2 Å². The SMILES string of the molecule is CCCNC(=O)C(C)N(Cc1cccc(Cl)c1)C(=O)CN(c1ccc(OC)c(Cl)c1)S(=O)(=O)c1ccc(C)cc1. The lowest BCUT2D eigenvalue weighted by Gasteiger charge is -2.32. The molecule has 0 aromatic heterocycles. The van der Waals surface area contributed by atoms with Crippen molar-refractivity contribution in [1.29, 1.82) is 0 Å². The first-order valence-corrected chi connectivity index (χ1v) is 14.9. The van der Waals surface area contributed by atoms with Gasteiger partial charge in [-0.25, -0.2) is 8.42 Å². The van der Waals surface area contributed by atoms with Crippen LogP contribution in [-0.4, -0.2) is 51.4 Å². The predicted octanol–water partition coefficient (Wildman–Crippen LogP) is 5.45. The average molecular weight is 607 g/mol. The number of ether oxygens (including phenoxy) is 1. The summed E-state index contributed by atoms with van der Waals surface area (Å²) in [6.07, 6.45) is 0.724. The minimum Gasteiger partial charge on any atom is -0.495 e. The van der Waals surface area contributed by atoms with E-state index in [1.807, 2.05) is 13.8 Å². The molecule has 0 saturated carbocycles. The topological polar surface area (TPSA) is 96.0 Å². The fourth-order valence-electron chi connectivity index (χ4n) is 3.99. The number of carbonyl (C=O) groups excluding carboxylic acids is 2. The van der Waals surface area contributed by atoms with Gasteiger partial charge in [0.15, 0.2) is 0 Å². The number of hydrogen-bond donors (Lipinski definition) is 1. The number of nitrogens with one attached hydrogen (secondary N) is 1. The molecule has 0 fully saturated rings. The first-order chi connectivity index (χ1) is 19.0. The Hall–Kier alpha value is -3.27. The van der Waals surface area contributed by atoms with Gasteiger partial charge in [-0.3, -0.25) is 13.9 Å². The Balaban J connectivity index is 2.06. The van der Waals surface area contributed by atoms with Crippen molar-refractivity contribution in [3.63, 3.8) is 0 Å². The number of benzene rings is 3. The molecule has 3 aromatic rings. The first kappa shape index (κ1) is 31.3. The van der Waals surface area contributed by atoms with Crippen LogP contribution in [0.2, 0.25) is 10.0 Å². The van der Waals surface area contributed by atoms with Crippen LogP contribution < -0.4 is 14.4 Å². The number of halogens is 2. The number of rotatable bonds is 12. The number of amides is 2. The minimum atomic E-state index is -4.21. The molecule has 3 aromatic carbocycles. The van der Waals surface area contributed by atoms with E-state index < -0.39 is 28.5 Å². The molecule has 8 nitrogen and oxygen atoms in total. The summed E-state index contributed by atoms with van der Waals surface area (Å²) >= 11 is 12.5. The van der Waals surface area contributed by atoms with Crippen molar-refractivity contribution in [3.8, 4) is 5.75 Å². The fraction of sp³-hybridized carbons (Fsp3) is 0.310. The number of aryl methyl sites for hydroxylation is 1. The summed E-state index contributed by atoms with van der Waals surface area (Å²) < 4.78 is 34.0. The Labute approximate surface area is 245 Å². The maximum atomic E-state index is 13.9. The van der Waals surface area contributed by atoms with Gasteiger partial charge in [0.25, 0.3) is 10.0 Å². The van der Waals surface area contributed by atoms with Gasteiger partial charge in [0, 0.05) is 18.1 Å². The highest BCUT2D eigenvalue weighted by Gasteiger charge is 2.32. The average Bonchev–Trinajstić information content (AvgIpc) is 2.93. The van der Waals surface area contributed by atoms with Gasteiger partial charge in [0.05, 0.1) is 22.7 Å². The van der Waals surface area contributed by atoms with Gasteiger partial charge >= 0.3 is 0 Å². The number of carbonyl (C=O) groups is 2. The van der Waals surface area contributed by atoms with Crippen molar-refractivity contribution < 1.29 is 22.7 Å². The second-order valence-corrected chi connectivity index (χ2v) is 12.0. The van der Waals surface area contributed by atoms with Crippen molar-refractivity contribution in [2.75, 3.05) is 24.5 Å². The summed E-state index contributed by atoms with van der Waals surface area (Å²) in [4.78, 5) is 28.2. The molecule has 3 rings (SSSR count). The van der Waals surface area contributed by atoms with E-state index in [1.54, 1.807) is 43.3 Å². The Bertz CT molecular complexity index is 1450. The monoisotopic (exact) mass is 605 g/mol. The molecule has 0 bridgehead atoms. The Kier molecular flexibility index (Phi) is 10.8. The van der Waals surface area contributed by atoms with E-state index in [1.165, 1.54) is 42.3 Å². The molecule has 0 saturated heterocycles. The van der Waals surface area contributed by atoms with Crippen LogP contribution in [0.4, 0.5) is 5.69 Å². The summed E-state index contributed by atoms with van der Waals surface area (Å²) in [7, 11) is -2.76. The van der Waals surface area contributed by atoms with E-state index in [0.717, 1.165) is 16.3 Å². The van der Waals surface area contributed by atoms with Gasteiger partial charge in [-0.05, 0) is 68.3 Å². The molecule has 11 heteroatoms. The summed E-state index contributed by atoms with van der Waals surface area (Å²) in [5.74, 6) is -0.576. The van der Waals surface area contributed by atoms with Crippen LogP contribution in [0.15, 0.2) is 71.6 Å². The molecule has 0 aliphatic carbocycles. The number of sulfonamides is 1. The van der Waals surface area contributed by atoms with Gasteiger partial charge in [-0.1, -0.05) is 60.0 Å². The maximum Gasteiger partial charge on any atom is 0.264 e. The molecule has 1 unspecified atom stereocenters. The zero-order valence-corrected chi connectivity index (χ0v) is 25.2. The summed E-state index contributed by atoms with van der Waals surface area (Å²) in [5.41, 5.74) is 1.75. The van der Waals surface area contributed by atoms with Crippen molar-refractivity contribution in [2.24, 2.45) is 0 Å². The lowest BCUT2D eigenvalue weighted by molar-refractivity contribution is -0.139. The summed E-state index contributed by atoms with van der Waals surface area (Å²) in [6.45, 7) is 5.29. The van der Waals surface area contributed by atoms with Gasteiger partial charge in [0.1, 0.15) is 18.3 Å². The maximum absolute atomic E-state index is 13.9. The lowest BCUT2D eigenvalue weighted by Crippen LogP contribution is -2.51. The van der Waals surface area contributed by atoms with E-state index in [2.05, 4.69) is 5.32 Å². The largest absolute Gasteiger partial charge is 0.495 e. The molecule has 1 N–H and O–H groups in total. The van der Waals surface area contributed by atoms with Crippen molar-refractivity contribution in [2.45, 2.75) is 44.7 Å². The van der Waals surface area contributed by atoms with Crippen LogP contribution >= 0.6 is 23.2 Å². The zero-order chi connectivity index (χ0) is 29.4. The molecular formula is C29H33Cl2N3O5S. The minimum absolute atomic E-state index is 0.00738. The van der Waals surface area contributed by atoms with Gasteiger partial charge in [0.2, 0.25) is 11.8 Å². The van der Waals surface area contributed by atoms with E-state index in [-0.39, 0.29) is 28.1 Å². The normalized spacial score (nSPS) is 11.9. The quantitative estimate of drug-likeness (QED) is 0.296. The molecule has 0 aliphatic heterocycles. The van der Waals surface area contributed by atoms with Crippen LogP contribution in [0.5, 0.6) is 5.75 Å². The van der Waals surface area contributed by atoms with E-state index in [4.69, 9.17) is 27.9 Å². The Morgan fingerprint density at radius 1 is 1.02 bits per heavy atom. The number of anilines is 1. The molecule has 0 spiro atoms. The van der Waals surface area contributed by atoms with Crippen molar-refractivity contribution in [3.05, 3.63) is 87.9 Å². The van der Waals surface area contributed by atoms with Crippen LogP contribution in [-0.2, 0) is 26.2 Å². The first-order valence-electron chi connectivity index (χ1n) is 12.7. The Morgan fingerprint density at radius 3 is 2.33 bits per heavy atom. The Morgan fingerprint density at radius 2 is 1.73 bits per heavy atom. The molecule has 0 aliphatic rings. The second kappa shape index (κ2) is 13.9. The molecular weight excluding hydrogens is 573 g/mol. The second-order valence-electron chi connectivity index (χ2n) is 9.26. The zero-order valence-electron chi connectivity index (χ0n) is 22.9. The smallest absolute Gasteiger partial charge is 0.264 e. The molecule has 0 radical (unpaired) electrons. The van der Waals surface area contributed by atoms with Crippen LogP contribution in [0.25, 0.3) is 0 Å². The third kappa shape index (κ3) is 7.68. The molecule has 1 atom stereocenters. The van der Waals surface area contributed by atoms with Gasteiger partial charge in [-0.2, -0.15) is 0 Å². The molecule has 214 valence electrons. The standard InChI is InChI=1S/C29H33Cl2N3O5S/c1-5-15-32-29(36)21(3)33(18-22-7-6-8-23(30)16-22)28(35)19-34(24-11-14-27(39-4)26(31)17-24)40(37,38)25-12-9-20(2)10-13-25/h6-14,16-17,21H,5,15,18-19H2,1-4H3,(H,32,36). The third-order valence-electron chi connectivity index (χ3n) is 6.27. The van der Waals surface area contributed by atoms with Crippen LogP contribution in [0.1, 0.15) is 31.4 Å². The predicted molar refractivity (Wildman–Crippen MR) is 158 cm³/mol. The van der Waals surface area contributed by atoms with Gasteiger partial charge in [-0.15, -0.1) is 0 Å². The number of hydrogen-bond acceptors (Lipinski definition) is 5. The van der Waals surface area contributed by atoms with E-state index in [9.17, 15) is 18.0 Å². The van der Waals surface area contributed by atoms with Crippen LogP contribution in [0, 0.1) is 6.92 Å². The van der Waals surface area contributed by atoms with E-state index in [0.29, 0.717) is 22.9 Å². The highest BCUT2D eigenvalue weighted by molar-refractivity contribution is 7.92. The lowest BCUT2D eigenvalue weighted by atomic mass is 10.1. The number of nitrogens with zero attached hydrogens (tertiary/aromatic N) is 2. The van der Waals surface area contributed by atoms with E-state index >= 15 is 0 Å². The fourth-order valence-corrected chi connectivity index (χ4v) is 5.86. The molecule has 2 amide bonds. The number of methoxy groups -OCH3 is 1. The molecule has 40 heavy (non-hydrogen) atoms.